The Kier molecular flexibility index (Phi) is 5.36. The van der Waals surface area contributed by atoms with E-state index in [1.165, 1.54) is 6.07 Å². The highest BCUT2D eigenvalue weighted by Crippen LogP contribution is 2.19. The molecule has 1 saturated heterocycles. The lowest BCUT2D eigenvalue weighted by Gasteiger charge is -2.39. The Morgan fingerprint density at radius 3 is 2.87 bits per heavy atom. The number of hydrogen-bond acceptors (Lipinski definition) is 6. The molecule has 1 fully saturated rings. The summed E-state index contributed by atoms with van der Waals surface area (Å²) >= 11 is 0. The first kappa shape index (κ1) is 20.2. The molecule has 2 aromatic rings. The first-order valence-electron chi connectivity index (χ1n) is 10.1. The van der Waals surface area contributed by atoms with E-state index in [-0.39, 0.29) is 18.0 Å². The van der Waals surface area contributed by atoms with E-state index >= 15 is 0 Å². The molecule has 3 heterocycles. The topological polar surface area (TPSA) is 75.0 Å². The molecule has 0 spiro atoms. The van der Waals surface area contributed by atoms with Crippen molar-refractivity contribution in [2.45, 2.75) is 39.0 Å². The van der Waals surface area contributed by atoms with Crippen molar-refractivity contribution in [3.63, 3.8) is 0 Å². The summed E-state index contributed by atoms with van der Waals surface area (Å²) in [6.07, 6.45) is 4.62. The van der Waals surface area contributed by atoms with Crippen LogP contribution in [0, 0.1) is 5.82 Å². The number of aliphatic imine (C=N–C) groups is 1. The first-order valence-corrected chi connectivity index (χ1v) is 10.1. The van der Waals surface area contributed by atoms with Crippen molar-refractivity contribution >= 4 is 12.1 Å². The maximum Gasteiger partial charge on any atom is 0.410 e. The van der Waals surface area contributed by atoms with Crippen LogP contribution in [-0.2, 0) is 11.3 Å². The highest BCUT2D eigenvalue weighted by atomic mass is 19.1. The number of amides is 1. The van der Waals surface area contributed by atoms with E-state index in [2.05, 4.69) is 20.2 Å². The van der Waals surface area contributed by atoms with Crippen LogP contribution in [0.3, 0.4) is 0 Å². The van der Waals surface area contributed by atoms with Crippen molar-refractivity contribution in [1.82, 2.24) is 24.7 Å². The van der Waals surface area contributed by atoms with Crippen LogP contribution in [0.25, 0.3) is 5.69 Å². The average Bonchev–Trinajstić information content (AvgIpc) is 3.34. The lowest BCUT2D eigenvalue weighted by Crippen LogP contribution is -2.57. The third-order valence-corrected chi connectivity index (χ3v) is 5.10. The second kappa shape index (κ2) is 7.97. The predicted molar refractivity (Wildman–Crippen MR) is 111 cm³/mol. The zero-order valence-electron chi connectivity index (χ0n) is 17.5. The molecule has 1 unspecified atom stereocenters. The molecule has 2 aliphatic rings. The summed E-state index contributed by atoms with van der Waals surface area (Å²) in [6.45, 7) is 8.54. The molecular formula is C21H27FN6O2. The van der Waals surface area contributed by atoms with E-state index in [1.807, 2.05) is 26.8 Å². The minimum atomic E-state index is -0.504. The second-order valence-electron chi connectivity index (χ2n) is 8.55. The second-order valence-corrected chi connectivity index (χ2v) is 8.55. The van der Waals surface area contributed by atoms with Crippen molar-refractivity contribution in [1.29, 1.82) is 0 Å². The quantitative estimate of drug-likeness (QED) is 0.835. The number of ether oxygens (including phenoxy) is 1. The number of nitrogens with one attached hydrogen (secondary N) is 1. The van der Waals surface area contributed by atoms with Gasteiger partial charge in [-0.05, 0) is 38.5 Å². The molecule has 0 radical (unpaired) electrons. The van der Waals surface area contributed by atoms with Crippen LogP contribution in [0.15, 0.2) is 41.9 Å². The van der Waals surface area contributed by atoms with Crippen LogP contribution in [0.5, 0.6) is 0 Å². The summed E-state index contributed by atoms with van der Waals surface area (Å²) in [5.74, 6) is 0.493. The molecule has 1 aromatic carbocycles. The molecule has 0 bridgehead atoms. The number of guanidine groups is 1. The van der Waals surface area contributed by atoms with Gasteiger partial charge in [0.15, 0.2) is 5.96 Å². The molecule has 9 heteroatoms. The zero-order valence-corrected chi connectivity index (χ0v) is 17.5. The van der Waals surface area contributed by atoms with Gasteiger partial charge in [-0.25, -0.2) is 14.2 Å². The molecule has 160 valence electrons. The monoisotopic (exact) mass is 414 g/mol. The SMILES string of the molecule is CC(C)(C)OC(=O)N1CCN2C(NCc3ccc(-n4ccnc4)c(F)c3)=NCC2C1. The number of nitrogens with zero attached hydrogens (tertiary/aromatic N) is 5. The van der Waals surface area contributed by atoms with E-state index in [0.717, 1.165) is 11.5 Å². The number of imidazole rings is 1. The van der Waals surface area contributed by atoms with E-state index in [4.69, 9.17) is 4.74 Å². The number of carbonyl (C=O) groups excluding carboxylic acids is 1. The molecule has 1 atom stereocenters. The van der Waals surface area contributed by atoms with Gasteiger partial charge in [-0.2, -0.15) is 0 Å². The number of carbonyl (C=O) groups is 1. The van der Waals surface area contributed by atoms with Crippen molar-refractivity contribution in [2.24, 2.45) is 4.99 Å². The lowest BCUT2D eigenvalue weighted by molar-refractivity contribution is 0.0137. The van der Waals surface area contributed by atoms with Crippen LogP contribution < -0.4 is 5.32 Å². The van der Waals surface area contributed by atoms with Gasteiger partial charge >= 0.3 is 6.09 Å². The number of aromatic nitrogens is 2. The Labute approximate surface area is 175 Å². The molecule has 1 amide bonds. The van der Waals surface area contributed by atoms with E-state index in [1.54, 1.807) is 34.3 Å². The van der Waals surface area contributed by atoms with Gasteiger partial charge in [0.25, 0.3) is 0 Å². The fourth-order valence-corrected chi connectivity index (χ4v) is 3.68. The molecule has 0 saturated carbocycles. The average molecular weight is 414 g/mol. The minimum Gasteiger partial charge on any atom is -0.444 e. The Morgan fingerprint density at radius 2 is 2.17 bits per heavy atom. The van der Waals surface area contributed by atoms with Gasteiger partial charge in [-0.1, -0.05) is 6.07 Å². The van der Waals surface area contributed by atoms with Crippen LogP contribution in [0.1, 0.15) is 26.3 Å². The number of halogens is 1. The number of fused-ring (bicyclic) bond motifs is 1. The normalized spacial score (nSPS) is 18.8. The zero-order chi connectivity index (χ0) is 21.3. The van der Waals surface area contributed by atoms with Crippen LogP contribution in [-0.4, -0.2) is 69.2 Å². The Morgan fingerprint density at radius 1 is 1.33 bits per heavy atom. The molecule has 1 N–H and O–H groups in total. The van der Waals surface area contributed by atoms with Gasteiger partial charge in [0, 0.05) is 38.6 Å². The third kappa shape index (κ3) is 4.39. The van der Waals surface area contributed by atoms with E-state index in [9.17, 15) is 9.18 Å². The number of piperazine rings is 1. The Hall–Kier alpha value is -3.10. The summed E-state index contributed by atoms with van der Waals surface area (Å²) in [5, 5.41) is 3.32. The molecular weight excluding hydrogens is 387 g/mol. The highest BCUT2D eigenvalue weighted by molar-refractivity contribution is 5.82. The van der Waals surface area contributed by atoms with Crippen LogP contribution in [0.2, 0.25) is 0 Å². The Balaban J connectivity index is 1.32. The fraction of sp³-hybridized carbons (Fsp3) is 0.476. The largest absolute Gasteiger partial charge is 0.444 e. The third-order valence-electron chi connectivity index (χ3n) is 5.10. The summed E-state index contributed by atoms with van der Waals surface area (Å²) < 4.78 is 21.6. The van der Waals surface area contributed by atoms with Crippen LogP contribution >= 0.6 is 0 Å². The summed E-state index contributed by atoms with van der Waals surface area (Å²) in [4.78, 5) is 24.8. The number of hydrogen-bond donors (Lipinski definition) is 1. The lowest BCUT2D eigenvalue weighted by atomic mass is 10.2. The molecule has 30 heavy (non-hydrogen) atoms. The fourth-order valence-electron chi connectivity index (χ4n) is 3.68. The van der Waals surface area contributed by atoms with Gasteiger partial charge in [-0.15, -0.1) is 0 Å². The predicted octanol–water partition coefficient (Wildman–Crippen LogP) is 2.39. The molecule has 0 aliphatic carbocycles. The van der Waals surface area contributed by atoms with Crippen LogP contribution in [0.4, 0.5) is 9.18 Å². The Bertz CT molecular complexity index is 937. The van der Waals surface area contributed by atoms with Gasteiger partial charge in [0.05, 0.1) is 24.6 Å². The van der Waals surface area contributed by atoms with E-state index in [0.29, 0.717) is 38.4 Å². The maximum absolute atomic E-state index is 14.5. The summed E-state index contributed by atoms with van der Waals surface area (Å²) in [5.41, 5.74) is 0.790. The number of benzene rings is 1. The van der Waals surface area contributed by atoms with Gasteiger partial charge in [-0.3, -0.25) is 4.99 Å². The highest BCUT2D eigenvalue weighted by Gasteiger charge is 2.36. The van der Waals surface area contributed by atoms with Gasteiger partial charge in [0.1, 0.15) is 11.4 Å². The smallest absolute Gasteiger partial charge is 0.410 e. The molecule has 2 aliphatic heterocycles. The number of rotatable bonds is 3. The van der Waals surface area contributed by atoms with E-state index < -0.39 is 5.60 Å². The van der Waals surface area contributed by atoms with Crippen molar-refractivity contribution in [3.05, 3.63) is 48.3 Å². The van der Waals surface area contributed by atoms with Gasteiger partial charge in [0.2, 0.25) is 0 Å². The first-order chi connectivity index (χ1) is 14.3. The molecule has 4 rings (SSSR count). The summed E-state index contributed by atoms with van der Waals surface area (Å²) in [6, 6.07) is 5.29. The minimum absolute atomic E-state index is 0.133. The van der Waals surface area contributed by atoms with Gasteiger partial charge < -0.3 is 24.4 Å². The van der Waals surface area contributed by atoms with Crippen molar-refractivity contribution < 1.29 is 13.9 Å². The maximum atomic E-state index is 14.5. The van der Waals surface area contributed by atoms with Crippen molar-refractivity contribution in [2.75, 3.05) is 26.2 Å². The molecule has 1 aromatic heterocycles. The molecule has 8 nitrogen and oxygen atoms in total. The summed E-state index contributed by atoms with van der Waals surface area (Å²) in [7, 11) is 0. The van der Waals surface area contributed by atoms with Crippen molar-refractivity contribution in [3.8, 4) is 5.69 Å². The standard InChI is InChI=1S/C21H27FN6O2/c1-21(2,3)30-20(29)26-8-9-28-16(13-26)12-25-19(28)24-11-15-4-5-18(17(22)10-15)27-7-6-23-14-27/h4-7,10,14,16H,8-9,11-13H2,1-3H3,(H,24,25).